The number of nitrogens with two attached hydrogens (primary N) is 2. The van der Waals surface area contributed by atoms with Gasteiger partial charge in [0.2, 0.25) is 5.95 Å². The van der Waals surface area contributed by atoms with Crippen LogP contribution in [0.4, 0.5) is 39.3 Å². The lowest BCUT2D eigenvalue weighted by Crippen LogP contribution is -2.42. The number of halogens is 1. The van der Waals surface area contributed by atoms with Crippen molar-refractivity contribution < 1.29 is 19.0 Å². The Bertz CT molecular complexity index is 1330. The van der Waals surface area contributed by atoms with Crippen LogP contribution in [0, 0.1) is 0 Å². The van der Waals surface area contributed by atoms with Crippen molar-refractivity contribution >= 4 is 52.2 Å². The van der Waals surface area contributed by atoms with Gasteiger partial charge in [-0.25, -0.2) is 9.78 Å². The Morgan fingerprint density at radius 2 is 1.77 bits per heavy atom. The van der Waals surface area contributed by atoms with Gasteiger partial charge < -0.3 is 46.1 Å². The number of ether oxygens (including phenoxy) is 3. The average molecular weight is 557 g/mol. The van der Waals surface area contributed by atoms with Gasteiger partial charge in [0.05, 0.1) is 43.2 Å². The molecule has 0 atom stereocenters. The van der Waals surface area contributed by atoms with Gasteiger partial charge in [0.15, 0.2) is 5.82 Å². The molecule has 0 unspecified atom stereocenters. The van der Waals surface area contributed by atoms with Gasteiger partial charge in [0.25, 0.3) is 0 Å². The van der Waals surface area contributed by atoms with Crippen LogP contribution in [0.25, 0.3) is 0 Å². The minimum absolute atomic E-state index is 0.223. The van der Waals surface area contributed by atoms with Gasteiger partial charge >= 0.3 is 6.09 Å². The topological polar surface area (TPSA) is 153 Å². The first-order valence-electron chi connectivity index (χ1n) is 12.3. The molecular formula is C26H33ClN8O4. The van der Waals surface area contributed by atoms with Gasteiger partial charge in [0.1, 0.15) is 22.3 Å². The van der Waals surface area contributed by atoms with Crippen LogP contribution in [0.15, 0.2) is 36.5 Å². The summed E-state index contributed by atoms with van der Waals surface area (Å²) in [5.74, 6) is 1.83. The van der Waals surface area contributed by atoms with Crippen molar-refractivity contribution in [3.63, 3.8) is 0 Å². The number of methoxy groups -OCH3 is 2. The Morgan fingerprint density at radius 1 is 1.08 bits per heavy atom. The molecule has 3 aromatic rings. The number of nitrogens with zero attached hydrogens (tertiary/aromatic N) is 4. The first-order valence-corrected chi connectivity index (χ1v) is 12.7. The molecule has 0 saturated carbocycles. The van der Waals surface area contributed by atoms with Crippen molar-refractivity contribution in [2.24, 2.45) is 5.73 Å². The number of nitrogens with one attached hydrogen (secondary N) is 2. The number of nitrogen functional groups attached to an aromatic ring is 1. The van der Waals surface area contributed by atoms with Crippen molar-refractivity contribution in [3.8, 4) is 17.2 Å². The van der Waals surface area contributed by atoms with Crippen LogP contribution in [-0.2, 0) is 0 Å². The van der Waals surface area contributed by atoms with Crippen molar-refractivity contribution in [3.05, 3.63) is 41.6 Å². The van der Waals surface area contributed by atoms with Crippen LogP contribution in [0.3, 0.4) is 0 Å². The molecule has 13 heteroatoms. The minimum atomic E-state index is -0.935. The van der Waals surface area contributed by atoms with Gasteiger partial charge in [-0.3, -0.25) is 0 Å². The Morgan fingerprint density at radius 3 is 2.41 bits per heavy atom. The summed E-state index contributed by atoms with van der Waals surface area (Å²) in [6.07, 6.45) is 2.64. The van der Waals surface area contributed by atoms with E-state index in [-0.39, 0.29) is 22.5 Å². The van der Waals surface area contributed by atoms with Gasteiger partial charge in [-0.1, -0.05) is 11.6 Å². The van der Waals surface area contributed by atoms with Crippen LogP contribution in [0.2, 0.25) is 5.02 Å². The number of piperidine rings is 1. The van der Waals surface area contributed by atoms with Gasteiger partial charge in [0, 0.05) is 31.3 Å². The number of primary amides is 1. The molecule has 6 N–H and O–H groups in total. The van der Waals surface area contributed by atoms with Crippen LogP contribution in [0.5, 0.6) is 17.2 Å². The third kappa shape index (κ3) is 6.65. The van der Waals surface area contributed by atoms with E-state index >= 15 is 0 Å². The van der Waals surface area contributed by atoms with Crippen molar-refractivity contribution in [2.75, 3.05) is 62.7 Å². The molecule has 0 spiro atoms. The number of rotatable bonds is 9. The lowest BCUT2D eigenvalue weighted by atomic mass is 10.0. The number of carbonyl (C=O) groups excluding carboxylic acids is 1. The van der Waals surface area contributed by atoms with E-state index in [1.807, 2.05) is 12.1 Å². The molecule has 0 aliphatic carbocycles. The number of carbonyl (C=O) groups is 1. The zero-order chi connectivity index (χ0) is 28.1. The number of amides is 1. The summed E-state index contributed by atoms with van der Waals surface area (Å²) < 4.78 is 16.0. The summed E-state index contributed by atoms with van der Waals surface area (Å²) in [5.41, 5.74) is 14.2. The maximum atomic E-state index is 11.2. The molecule has 1 aliphatic rings. The Kier molecular flexibility index (Phi) is 8.67. The molecule has 2 aromatic carbocycles. The highest BCUT2D eigenvalue weighted by Gasteiger charge is 2.23. The Labute approximate surface area is 232 Å². The summed E-state index contributed by atoms with van der Waals surface area (Å²) in [6.45, 7) is 1.82. The van der Waals surface area contributed by atoms with Gasteiger partial charge in [-0.15, -0.1) is 0 Å². The van der Waals surface area contributed by atoms with E-state index in [0.717, 1.165) is 31.6 Å². The standard InChI is InChI=1S/C26H33ClN8O4/c1-34(2)15-7-9-35(10-8-15)21-13-23(38-4)20(12-18(21)28)32-26-30-14-17(27)24(33-26)31-19-11-16(39-25(29)36)5-6-22(19)37-3/h5-6,11-15H,7-10,28H2,1-4H3,(H2,29,36)(H2,30,31,32,33). The fraction of sp³-hybridized carbons (Fsp3) is 0.346. The van der Waals surface area contributed by atoms with Crippen molar-refractivity contribution in [1.29, 1.82) is 0 Å². The fourth-order valence-electron chi connectivity index (χ4n) is 4.48. The van der Waals surface area contributed by atoms with Gasteiger partial charge in [-0.05, 0) is 45.1 Å². The summed E-state index contributed by atoms with van der Waals surface area (Å²) in [7, 11) is 7.34. The number of hydrogen-bond donors (Lipinski definition) is 4. The van der Waals surface area contributed by atoms with Gasteiger partial charge in [-0.2, -0.15) is 4.98 Å². The zero-order valence-electron chi connectivity index (χ0n) is 22.3. The van der Waals surface area contributed by atoms with Crippen LogP contribution in [0.1, 0.15) is 12.8 Å². The number of hydrogen-bond acceptors (Lipinski definition) is 11. The predicted molar refractivity (Wildman–Crippen MR) is 153 cm³/mol. The fourth-order valence-corrected chi connectivity index (χ4v) is 4.62. The van der Waals surface area contributed by atoms with E-state index in [0.29, 0.717) is 34.6 Å². The SMILES string of the molecule is COc1cc(N2CCC(N(C)C)CC2)c(N)cc1Nc1ncc(Cl)c(Nc2cc(OC(N)=O)ccc2OC)n1. The Balaban J connectivity index is 1.56. The van der Waals surface area contributed by atoms with Crippen LogP contribution < -0.4 is 41.2 Å². The van der Waals surface area contributed by atoms with E-state index in [9.17, 15) is 4.79 Å². The molecule has 208 valence electrons. The Hall–Kier alpha value is -4.16. The first-order chi connectivity index (χ1) is 18.7. The largest absolute Gasteiger partial charge is 0.495 e. The summed E-state index contributed by atoms with van der Waals surface area (Å²) in [6, 6.07) is 9.01. The average Bonchev–Trinajstić information content (AvgIpc) is 2.90. The molecule has 1 aliphatic heterocycles. The number of aromatic nitrogens is 2. The maximum absolute atomic E-state index is 11.2. The third-order valence-electron chi connectivity index (χ3n) is 6.52. The highest BCUT2D eigenvalue weighted by Crippen LogP contribution is 2.38. The molecule has 0 radical (unpaired) electrons. The number of benzene rings is 2. The third-order valence-corrected chi connectivity index (χ3v) is 6.79. The lowest BCUT2D eigenvalue weighted by Gasteiger charge is -2.37. The summed E-state index contributed by atoms with van der Waals surface area (Å²) >= 11 is 6.37. The molecule has 1 amide bonds. The van der Waals surface area contributed by atoms with Crippen LogP contribution >= 0.6 is 11.6 Å². The second-order valence-electron chi connectivity index (χ2n) is 9.22. The van der Waals surface area contributed by atoms with Crippen LogP contribution in [-0.4, -0.2) is 68.4 Å². The molecular weight excluding hydrogens is 524 g/mol. The van der Waals surface area contributed by atoms with E-state index in [1.165, 1.54) is 13.3 Å². The summed E-state index contributed by atoms with van der Waals surface area (Å²) in [4.78, 5) is 24.5. The quantitative estimate of drug-likeness (QED) is 0.280. The highest BCUT2D eigenvalue weighted by molar-refractivity contribution is 6.33. The molecule has 4 rings (SSSR count). The van der Waals surface area contributed by atoms with E-state index in [1.54, 1.807) is 25.3 Å². The monoisotopic (exact) mass is 556 g/mol. The number of anilines is 6. The normalized spacial score (nSPS) is 13.7. The summed E-state index contributed by atoms with van der Waals surface area (Å²) in [5, 5.41) is 6.51. The maximum Gasteiger partial charge on any atom is 0.409 e. The van der Waals surface area contributed by atoms with E-state index < -0.39 is 6.09 Å². The molecule has 12 nitrogen and oxygen atoms in total. The molecule has 1 saturated heterocycles. The molecule has 1 aromatic heterocycles. The second kappa shape index (κ2) is 12.1. The molecule has 1 fully saturated rings. The van der Waals surface area contributed by atoms with E-state index in [2.05, 4.69) is 44.5 Å². The lowest BCUT2D eigenvalue weighted by molar-refractivity contribution is 0.211. The molecule has 2 heterocycles. The second-order valence-corrected chi connectivity index (χ2v) is 9.62. The smallest absolute Gasteiger partial charge is 0.409 e. The zero-order valence-corrected chi connectivity index (χ0v) is 23.1. The minimum Gasteiger partial charge on any atom is -0.495 e. The highest BCUT2D eigenvalue weighted by atomic mass is 35.5. The van der Waals surface area contributed by atoms with E-state index in [4.69, 9.17) is 37.3 Å². The predicted octanol–water partition coefficient (Wildman–Crippen LogP) is 4.20. The molecule has 39 heavy (non-hydrogen) atoms. The van der Waals surface area contributed by atoms with Crippen molar-refractivity contribution in [1.82, 2.24) is 14.9 Å². The van der Waals surface area contributed by atoms with Crippen molar-refractivity contribution in [2.45, 2.75) is 18.9 Å². The molecule has 0 bridgehead atoms. The first kappa shape index (κ1) is 27.9.